The summed E-state index contributed by atoms with van der Waals surface area (Å²) < 4.78 is 13.8. The molecule has 0 N–H and O–H groups in total. The highest BCUT2D eigenvalue weighted by atomic mass is 16.6. The molecule has 33 heavy (non-hydrogen) atoms. The molecule has 8 unspecified atom stereocenters. The first-order chi connectivity index (χ1) is 15.2. The largest absolute Gasteiger partial charge is 0.393 e. The van der Waals surface area contributed by atoms with E-state index >= 15 is 0 Å². The number of hydrogen-bond donors (Lipinski definition) is 0. The van der Waals surface area contributed by atoms with Gasteiger partial charge in [-0.3, -0.25) is 38.4 Å². The SMILES string of the molecule is C.O=C1CC(=O)C2C1C1C(=O)OC(=O)C21.O=C1OC(=O)C2CC1C1C3CC(C(=O)OC3=O)C21. The van der Waals surface area contributed by atoms with Crippen molar-refractivity contribution in [1.29, 1.82) is 0 Å². The maximum absolute atomic E-state index is 11.7. The van der Waals surface area contributed by atoms with E-state index in [0.717, 1.165) is 0 Å². The zero-order chi connectivity index (χ0) is 22.6. The number of carbonyl (C=O) groups is 8. The molecule has 11 nitrogen and oxygen atoms in total. The van der Waals surface area contributed by atoms with Crippen LogP contribution in [0, 0.1) is 59.2 Å². The maximum Gasteiger partial charge on any atom is 0.318 e. The normalized spacial score (nSPS) is 45.6. The molecule has 7 fully saturated rings. The lowest BCUT2D eigenvalue weighted by Crippen LogP contribution is -2.50. The number of hydrogen-bond acceptors (Lipinski definition) is 11. The van der Waals surface area contributed by atoms with E-state index in [9.17, 15) is 38.4 Å². The first-order valence-corrected chi connectivity index (χ1v) is 10.5. The standard InChI is InChI=1S/C12H10O6.C9H6O5.CH4/c13-9-3-1-4(10(14)17-9)8-6-2-5(7(3)8)11(15)18-12(6)16;10-2-1-3(11)5-4(2)6-7(5)9(13)14-8(6)12;/h3-8H,1-2H2;4-7H,1H2;1H4. The molecule has 4 bridgehead atoms. The Bertz CT molecular complexity index is 904. The summed E-state index contributed by atoms with van der Waals surface area (Å²) in [6.45, 7) is 0. The number of fused-ring (bicyclic) bond motifs is 13. The van der Waals surface area contributed by atoms with Crippen LogP contribution in [0.1, 0.15) is 26.7 Å². The minimum absolute atomic E-state index is 0. The van der Waals surface area contributed by atoms with Gasteiger partial charge in [0.05, 0.1) is 41.9 Å². The number of Topliss-reactive ketones (excluding diaryl/α,β-unsaturated/α-hetero) is 2. The Balaban J connectivity index is 0.000000138. The van der Waals surface area contributed by atoms with Crippen LogP contribution in [0.2, 0.25) is 0 Å². The van der Waals surface area contributed by atoms with E-state index in [1.165, 1.54) is 0 Å². The van der Waals surface area contributed by atoms with Crippen LogP contribution in [-0.2, 0) is 52.6 Å². The molecule has 4 saturated carbocycles. The predicted octanol–water partition coefficient (Wildman–Crippen LogP) is -0.616. The summed E-state index contributed by atoms with van der Waals surface area (Å²) in [6, 6.07) is 0. The molecule has 0 spiro atoms. The van der Waals surface area contributed by atoms with Gasteiger partial charge in [0.1, 0.15) is 11.6 Å². The minimum atomic E-state index is -0.661. The molecular formula is C22H20O11. The molecular weight excluding hydrogens is 440 g/mol. The van der Waals surface area contributed by atoms with Gasteiger partial charge >= 0.3 is 35.8 Å². The fourth-order valence-corrected chi connectivity index (χ4v) is 7.10. The second-order valence-electron chi connectivity index (χ2n) is 9.49. The predicted molar refractivity (Wildman–Crippen MR) is 98.8 cm³/mol. The second-order valence-corrected chi connectivity index (χ2v) is 9.49. The third kappa shape index (κ3) is 2.61. The summed E-state index contributed by atoms with van der Waals surface area (Å²) in [5.41, 5.74) is 0. The van der Waals surface area contributed by atoms with Crippen LogP contribution < -0.4 is 0 Å². The number of esters is 6. The number of ketones is 2. The van der Waals surface area contributed by atoms with Crippen LogP contribution in [0.3, 0.4) is 0 Å². The van der Waals surface area contributed by atoms with Crippen molar-refractivity contribution < 1.29 is 52.6 Å². The molecule has 11 heteroatoms. The molecule has 8 atom stereocenters. The zero-order valence-electron chi connectivity index (χ0n) is 16.4. The summed E-state index contributed by atoms with van der Waals surface area (Å²) in [5.74, 6) is -8.53. The van der Waals surface area contributed by atoms with Gasteiger partial charge in [-0.2, -0.15) is 0 Å². The average molecular weight is 460 g/mol. The number of carbonyl (C=O) groups excluding carboxylic acids is 8. The van der Waals surface area contributed by atoms with Crippen LogP contribution in [0.25, 0.3) is 0 Å². The monoisotopic (exact) mass is 460 g/mol. The van der Waals surface area contributed by atoms with Gasteiger partial charge in [-0.1, -0.05) is 7.43 Å². The van der Waals surface area contributed by atoms with Crippen molar-refractivity contribution in [2.75, 3.05) is 0 Å². The summed E-state index contributed by atoms with van der Waals surface area (Å²) >= 11 is 0. The minimum Gasteiger partial charge on any atom is -0.393 e. The van der Waals surface area contributed by atoms with E-state index in [-0.39, 0.29) is 37.2 Å². The van der Waals surface area contributed by atoms with E-state index < -0.39 is 83.2 Å². The third-order valence-corrected chi connectivity index (χ3v) is 8.32. The lowest BCUT2D eigenvalue weighted by molar-refractivity contribution is -0.174. The lowest BCUT2D eigenvalue weighted by atomic mass is 9.59. The van der Waals surface area contributed by atoms with E-state index in [4.69, 9.17) is 9.47 Å². The Morgan fingerprint density at radius 2 is 0.758 bits per heavy atom. The van der Waals surface area contributed by atoms with Crippen LogP contribution in [0.5, 0.6) is 0 Å². The lowest BCUT2D eigenvalue weighted by Gasteiger charge is -2.36. The fourth-order valence-electron chi connectivity index (χ4n) is 7.10. The van der Waals surface area contributed by atoms with Crippen molar-refractivity contribution >= 4 is 47.4 Å². The van der Waals surface area contributed by atoms with Gasteiger partial charge in [0.2, 0.25) is 0 Å². The molecule has 0 aromatic heterocycles. The molecule has 4 aliphatic carbocycles. The zero-order valence-corrected chi connectivity index (χ0v) is 16.4. The molecule has 3 saturated heterocycles. The molecule has 3 aliphatic heterocycles. The van der Waals surface area contributed by atoms with Gasteiger partial charge in [0.15, 0.2) is 0 Å². The molecule has 0 aromatic carbocycles. The van der Waals surface area contributed by atoms with E-state index in [0.29, 0.717) is 12.8 Å². The number of ether oxygens (including phenoxy) is 3. The van der Waals surface area contributed by atoms with E-state index in [2.05, 4.69) is 4.74 Å². The first-order valence-electron chi connectivity index (χ1n) is 10.5. The molecule has 0 aromatic rings. The molecule has 7 aliphatic rings. The number of cyclic esters (lactones) is 6. The van der Waals surface area contributed by atoms with Crippen molar-refractivity contribution in [1.82, 2.24) is 0 Å². The molecule has 174 valence electrons. The topological polar surface area (TPSA) is 164 Å². The van der Waals surface area contributed by atoms with Gasteiger partial charge < -0.3 is 14.2 Å². The highest BCUT2D eigenvalue weighted by Crippen LogP contribution is 2.60. The molecule has 7 rings (SSSR count). The summed E-state index contributed by atoms with van der Waals surface area (Å²) in [5, 5.41) is 0. The quantitative estimate of drug-likeness (QED) is 0.196. The van der Waals surface area contributed by atoms with Crippen LogP contribution >= 0.6 is 0 Å². The Kier molecular flexibility index (Phi) is 4.50. The van der Waals surface area contributed by atoms with Crippen molar-refractivity contribution in [3.8, 4) is 0 Å². The smallest absolute Gasteiger partial charge is 0.318 e. The van der Waals surface area contributed by atoms with Gasteiger partial charge in [0.25, 0.3) is 0 Å². The molecule has 0 amide bonds. The van der Waals surface area contributed by atoms with Crippen LogP contribution in [0.4, 0.5) is 0 Å². The number of rotatable bonds is 0. The molecule has 0 radical (unpaired) electrons. The second kappa shape index (κ2) is 6.88. The first kappa shape index (κ1) is 21.6. The van der Waals surface area contributed by atoms with Gasteiger partial charge in [-0.05, 0) is 24.7 Å². The average Bonchev–Trinajstić information content (AvgIpc) is 3.32. The highest BCUT2D eigenvalue weighted by Gasteiger charge is 2.70. The Morgan fingerprint density at radius 1 is 0.455 bits per heavy atom. The van der Waals surface area contributed by atoms with Gasteiger partial charge in [-0.25, -0.2) is 0 Å². The highest BCUT2D eigenvalue weighted by molar-refractivity contribution is 6.16. The van der Waals surface area contributed by atoms with Crippen molar-refractivity contribution in [2.24, 2.45) is 59.2 Å². The summed E-state index contributed by atoms with van der Waals surface area (Å²) in [6.07, 6.45) is 0.712. The van der Waals surface area contributed by atoms with Gasteiger partial charge in [0, 0.05) is 11.8 Å². The molecule has 3 heterocycles. The Hall–Kier alpha value is -3.24. The van der Waals surface area contributed by atoms with E-state index in [1.54, 1.807) is 0 Å². The summed E-state index contributed by atoms with van der Waals surface area (Å²) in [7, 11) is 0. The van der Waals surface area contributed by atoms with Crippen LogP contribution in [-0.4, -0.2) is 47.4 Å². The Morgan fingerprint density at radius 3 is 1.09 bits per heavy atom. The van der Waals surface area contributed by atoms with Crippen molar-refractivity contribution in [2.45, 2.75) is 26.7 Å². The Labute approximate surface area is 186 Å². The third-order valence-electron chi connectivity index (χ3n) is 8.32. The maximum atomic E-state index is 11.7. The van der Waals surface area contributed by atoms with Crippen molar-refractivity contribution in [3.05, 3.63) is 0 Å². The van der Waals surface area contributed by atoms with Crippen molar-refractivity contribution in [3.63, 3.8) is 0 Å². The fraction of sp³-hybridized carbons (Fsp3) is 0.636. The van der Waals surface area contributed by atoms with E-state index in [1.807, 2.05) is 0 Å². The summed E-state index contributed by atoms with van der Waals surface area (Å²) in [4.78, 5) is 91.7. The van der Waals surface area contributed by atoms with Gasteiger partial charge in [-0.15, -0.1) is 0 Å². The van der Waals surface area contributed by atoms with Crippen LogP contribution in [0.15, 0.2) is 0 Å².